The minimum atomic E-state index is -3.80. The van der Waals surface area contributed by atoms with Crippen molar-refractivity contribution in [3.05, 3.63) is 35.5 Å². The largest absolute Gasteiger partial charge is 0.394 e. The lowest BCUT2D eigenvalue weighted by Crippen LogP contribution is -2.28. The molecule has 2 rings (SSSR count). The Bertz CT molecular complexity index is 904. The summed E-state index contributed by atoms with van der Waals surface area (Å²) in [6, 6.07) is 3.34. The van der Waals surface area contributed by atoms with E-state index in [-0.39, 0.29) is 30.3 Å². The average Bonchev–Trinajstić information content (AvgIpc) is 2.59. The number of aliphatic hydroxyl groups is 1. The fourth-order valence-electron chi connectivity index (χ4n) is 2.90. The quantitative estimate of drug-likeness (QED) is 0.431. The predicted molar refractivity (Wildman–Crippen MR) is 111 cm³/mol. The van der Waals surface area contributed by atoms with Crippen molar-refractivity contribution in [2.75, 3.05) is 17.7 Å². The standard InChI is InChI=1S/C18H29N7O3S/c1-11(2)6-14(9-26)22-18-24-16(23-17(25-18)10-29(20,27)28)7-12(3)13-4-5-15(19)21-8-13/h4-5,8,11-12,14,26H,6-7,9-10H2,1-3H3,(H2,19,21)(H2,20,27,28)(H,22,23,24,25)/t12-,14+/m0/s1. The highest BCUT2D eigenvalue weighted by molar-refractivity contribution is 7.88. The summed E-state index contributed by atoms with van der Waals surface area (Å²) < 4.78 is 23.0. The van der Waals surface area contributed by atoms with E-state index in [1.54, 1.807) is 12.3 Å². The third-order valence-corrected chi connectivity index (χ3v) is 4.90. The van der Waals surface area contributed by atoms with Gasteiger partial charge in [-0.25, -0.2) is 23.5 Å². The zero-order valence-corrected chi connectivity index (χ0v) is 17.7. The highest BCUT2D eigenvalue weighted by atomic mass is 32.2. The van der Waals surface area contributed by atoms with Crippen molar-refractivity contribution in [1.29, 1.82) is 0 Å². The lowest BCUT2D eigenvalue weighted by molar-refractivity contribution is 0.259. The molecule has 2 aromatic heterocycles. The van der Waals surface area contributed by atoms with Crippen molar-refractivity contribution in [1.82, 2.24) is 19.9 Å². The molecule has 0 radical (unpaired) electrons. The third-order valence-electron chi connectivity index (χ3n) is 4.23. The van der Waals surface area contributed by atoms with Crippen LogP contribution in [-0.2, 0) is 22.2 Å². The average molecular weight is 424 g/mol. The van der Waals surface area contributed by atoms with Gasteiger partial charge in [0.25, 0.3) is 0 Å². The Morgan fingerprint density at radius 2 is 1.83 bits per heavy atom. The smallest absolute Gasteiger partial charge is 0.226 e. The Morgan fingerprint density at radius 3 is 2.38 bits per heavy atom. The summed E-state index contributed by atoms with van der Waals surface area (Å²) in [4.78, 5) is 16.9. The molecular formula is C18H29N7O3S. The molecule has 0 saturated heterocycles. The molecule has 0 saturated carbocycles. The van der Waals surface area contributed by atoms with Crippen LogP contribution in [0.3, 0.4) is 0 Å². The second kappa shape index (κ2) is 9.90. The number of sulfonamides is 1. The summed E-state index contributed by atoms with van der Waals surface area (Å²) in [6.07, 6.45) is 2.83. The summed E-state index contributed by atoms with van der Waals surface area (Å²) in [6.45, 7) is 5.96. The lowest BCUT2D eigenvalue weighted by atomic mass is 9.99. The second-order valence-corrected chi connectivity index (χ2v) is 9.19. The van der Waals surface area contributed by atoms with Crippen LogP contribution in [-0.4, -0.2) is 46.1 Å². The fraction of sp³-hybridized carbons (Fsp3) is 0.556. The van der Waals surface area contributed by atoms with Crippen LogP contribution in [0, 0.1) is 5.92 Å². The zero-order chi connectivity index (χ0) is 21.6. The maximum Gasteiger partial charge on any atom is 0.226 e. The maximum absolute atomic E-state index is 11.5. The number of nitrogens with zero attached hydrogens (tertiary/aromatic N) is 4. The highest BCUT2D eigenvalue weighted by Gasteiger charge is 2.17. The Balaban J connectivity index is 2.29. The molecular weight excluding hydrogens is 394 g/mol. The van der Waals surface area contributed by atoms with Gasteiger partial charge in [-0.1, -0.05) is 26.8 Å². The molecule has 0 amide bonds. The first-order chi connectivity index (χ1) is 13.6. The molecule has 2 aromatic rings. The van der Waals surface area contributed by atoms with Crippen molar-refractivity contribution in [3.8, 4) is 0 Å². The molecule has 0 unspecified atom stereocenters. The number of nitrogens with two attached hydrogens (primary N) is 2. The summed E-state index contributed by atoms with van der Waals surface area (Å²) in [5.41, 5.74) is 6.58. The number of hydrogen-bond donors (Lipinski definition) is 4. The van der Waals surface area contributed by atoms with Crippen molar-refractivity contribution in [2.24, 2.45) is 11.1 Å². The van der Waals surface area contributed by atoms with Gasteiger partial charge in [-0.05, 0) is 29.9 Å². The predicted octanol–water partition coefficient (Wildman–Crippen LogP) is 0.802. The van der Waals surface area contributed by atoms with Crippen LogP contribution in [0.2, 0.25) is 0 Å². The molecule has 160 valence electrons. The van der Waals surface area contributed by atoms with Gasteiger partial charge in [0.05, 0.1) is 12.6 Å². The highest BCUT2D eigenvalue weighted by Crippen LogP contribution is 2.20. The van der Waals surface area contributed by atoms with Crippen LogP contribution in [0.4, 0.5) is 11.8 Å². The number of anilines is 2. The van der Waals surface area contributed by atoms with Gasteiger partial charge in [0.1, 0.15) is 17.4 Å². The molecule has 0 aliphatic carbocycles. The number of aromatic nitrogens is 4. The van der Waals surface area contributed by atoms with Crippen LogP contribution in [0.5, 0.6) is 0 Å². The molecule has 0 aliphatic heterocycles. The van der Waals surface area contributed by atoms with Crippen LogP contribution in [0.25, 0.3) is 0 Å². The van der Waals surface area contributed by atoms with E-state index < -0.39 is 15.8 Å². The van der Waals surface area contributed by atoms with E-state index in [1.807, 2.05) is 26.8 Å². The van der Waals surface area contributed by atoms with Gasteiger partial charge in [0.2, 0.25) is 16.0 Å². The first-order valence-electron chi connectivity index (χ1n) is 9.38. The summed E-state index contributed by atoms with van der Waals surface area (Å²) in [5, 5.41) is 17.8. The van der Waals surface area contributed by atoms with E-state index >= 15 is 0 Å². The molecule has 0 aliphatic rings. The van der Waals surface area contributed by atoms with E-state index in [9.17, 15) is 13.5 Å². The minimum Gasteiger partial charge on any atom is -0.394 e. The molecule has 0 aromatic carbocycles. The van der Waals surface area contributed by atoms with Gasteiger partial charge in [0, 0.05) is 12.6 Å². The van der Waals surface area contributed by atoms with Crippen molar-refractivity contribution < 1.29 is 13.5 Å². The molecule has 0 fully saturated rings. The molecule has 29 heavy (non-hydrogen) atoms. The first kappa shape index (κ1) is 22.9. The van der Waals surface area contributed by atoms with E-state index in [0.717, 1.165) is 5.56 Å². The number of primary sulfonamides is 1. The van der Waals surface area contributed by atoms with E-state index in [1.165, 1.54) is 0 Å². The summed E-state index contributed by atoms with van der Waals surface area (Å²) in [5.74, 6) is 1.01. The molecule has 2 atom stereocenters. The van der Waals surface area contributed by atoms with E-state index in [4.69, 9.17) is 10.9 Å². The topological polar surface area (TPSA) is 170 Å². The lowest BCUT2D eigenvalue weighted by Gasteiger charge is -2.19. The number of aliphatic hydroxyl groups excluding tert-OH is 1. The number of nitrogen functional groups attached to an aromatic ring is 1. The number of pyridine rings is 1. The second-order valence-electron chi connectivity index (χ2n) is 7.57. The number of nitrogens with one attached hydrogen (secondary N) is 1. The van der Waals surface area contributed by atoms with Crippen molar-refractivity contribution in [3.63, 3.8) is 0 Å². The number of hydrogen-bond acceptors (Lipinski definition) is 9. The van der Waals surface area contributed by atoms with Crippen LogP contribution < -0.4 is 16.2 Å². The molecule has 6 N–H and O–H groups in total. The van der Waals surface area contributed by atoms with Gasteiger partial charge >= 0.3 is 0 Å². The van der Waals surface area contributed by atoms with Crippen LogP contribution in [0.15, 0.2) is 18.3 Å². The Kier molecular flexibility index (Phi) is 7.82. The third kappa shape index (κ3) is 7.87. The minimum absolute atomic E-state index is 0.0185. The van der Waals surface area contributed by atoms with E-state index in [2.05, 4.69) is 25.3 Å². The first-order valence-corrected chi connectivity index (χ1v) is 11.1. The molecule has 0 spiro atoms. The molecule has 10 nitrogen and oxygen atoms in total. The Labute approximate surface area is 171 Å². The summed E-state index contributed by atoms with van der Waals surface area (Å²) in [7, 11) is -3.80. The molecule has 11 heteroatoms. The Morgan fingerprint density at radius 1 is 1.14 bits per heavy atom. The molecule has 2 heterocycles. The Hall–Kier alpha value is -2.37. The zero-order valence-electron chi connectivity index (χ0n) is 16.9. The van der Waals surface area contributed by atoms with Crippen molar-refractivity contribution >= 4 is 21.8 Å². The monoisotopic (exact) mass is 423 g/mol. The molecule has 0 bridgehead atoms. The van der Waals surface area contributed by atoms with Crippen LogP contribution in [0.1, 0.15) is 50.3 Å². The van der Waals surface area contributed by atoms with Crippen molar-refractivity contribution in [2.45, 2.75) is 51.3 Å². The van der Waals surface area contributed by atoms with Gasteiger partial charge in [-0.15, -0.1) is 0 Å². The van der Waals surface area contributed by atoms with Crippen LogP contribution >= 0.6 is 0 Å². The fourth-order valence-corrected chi connectivity index (χ4v) is 3.39. The SMILES string of the molecule is CC(C)C[C@H](CO)Nc1nc(C[C@H](C)c2ccc(N)nc2)nc(CS(N)(=O)=O)n1. The normalized spacial score (nSPS) is 14.0. The van der Waals surface area contributed by atoms with Gasteiger partial charge in [-0.3, -0.25) is 0 Å². The summed E-state index contributed by atoms with van der Waals surface area (Å²) >= 11 is 0. The number of rotatable bonds is 10. The van der Waals surface area contributed by atoms with Gasteiger partial charge in [0.15, 0.2) is 5.82 Å². The van der Waals surface area contributed by atoms with E-state index in [0.29, 0.717) is 30.4 Å². The maximum atomic E-state index is 11.5. The van der Waals surface area contributed by atoms with Gasteiger partial charge < -0.3 is 16.2 Å². The van der Waals surface area contributed by atoms with Gasteiger partial charge in [-0.2, -0.15) is 9.97 Å².